The SMILES string of the molecule is CCCN1CCC(NCC(c2ccccc2)c2ccccc2)CC1. The molecule has 2 aromatic carbocycles. The second-order valence-corrected chi connectivity index (χ2v) is 6.90. The lowest BCUT2D eigenvalue weighted by Crippen LogP contribution is -2.43. The zero-order valence-electron chi connectivity index (χ0n) is 14.8. The highest BCUT2D eigenvalue weighted by molar-refractivity contribution is 5.32. The third kappa shape index (κ3) is 4.68. The van der Waals surface area contributed by atoms with E-state index in [0.717, 1.165) is 6.54 Å². The molecule has 2 heteroatoms. The van der Waals surface area contributed by atoms with E-state index in [9.17, 15) is 0 Å². The van der Waals surface area contributed by atoms with Crippen LogP contribution in [0.2, 0.25) is 0 Å². The lowest BCUT2D eigenvalue weighted by atomic mass is 9.90. The van der Waals surface area contributed by atoms with Crippen LogP contribution in [0.5, 0.6) is 0 Å². The van der Waals surface area contributed by atoms with Crippen LogP contribution >= 0.6 is 0 Å². The van der Waals surface area contributed by atoms with E-state index >= 15 is 0 Å². The van der Waals surface area contributed by atoms with Crippen molar-refractivity contribution in [3.63, 3.8) is 0 Å². The van der Waals surface area contributed by atoms with Gasteiger partial charge in [0.2, 0.25) is 0 Å². The van der Waals surface area contributed by atoms with Crippen LogP contribution in [-0.4, -0.2) is 37.1 Å². The fraction of sp³-hybridized carbons (Fsp3) is 0.455. The molecule has 1 aliphatic heterocycles. The van der Waals surface area contributed by atoms with Crippen molar-refractivity contribution in [2.75, 3.05) is 26.2 Å². The molecule has 24 heavy (non-hydrogen) atoms. The van der Waals surface area contributed by atoms with Crippen molar-refractivity contribution in [2.24, 2.45) is 0 Å². The van der Waals surface area contributed by atoms with E-state index in [2.05, 4.69) is 77.8 Å². The minimum atomic E-state index is 0.432. The van der Waals surface area contributed by atoms with E-state index in [-0.39, 0.29) is 0 Å². The first-order valence-electron chi connectivity index (χ1n) is 9.42. The third-order valence-corrected chi connectivity index (χ3v) is 5.14. The second kappa shape index (κ2) is 9.00. The van der Waals surface area contributed by atoms with Gasteiger partial charge in [-0.15, -0.1) is 0 Å². The number of piperidine rings is 1. The molecule has 0 spiro atoms. The van der Waals surface area contributed by atoms with Crippen molar-refractivity contribution in [1.82, 2.24) is 10.2 Å². The summed E-state index contributed by atoms with van der Waals surface area (Å²) in [6.07, 6.45) is 3.81. The van der Waals surface area contributed by atoms with E-state index < -0.39 is 0 Å². The highest BCUT2D eigenvalue weighted by atomic mass is 15.1. The Morgan fingerprint density at radius 3 is 1.96 bits per heavy atom. The van der Waals surface area contributed by atoms with Gasteiger partial charge >= 0.3 is 0 Å². The Labute approximate surface area is 146 Å². The Morgan fingerprint density at radius 2 is 1.46 bits per heavy atom. The summed E-state index contributed by atoms with van der Waals surface area (Å²) in [4.78, 5) is 2.60. The third-order valence-electron chi connectivity index (χ3n) is 5.14. The lowest BCUT2D eigenvalue weighted by molar-refractivity contribution is 0.198. The van der Waals surface area contributed by atoms with Gasteiger partial charge in [-0.1, -0.05) is 67.6 Å². The summed E-state index contributed by atoms with van der Waals surface area (Å²) in [5, 5.41) is 3.85. The minimum Gasteiger partial charge on any atom is -0.313 e. The first-order valence-corrected chi connectivity index (χ1v) is 9.42. The molecule has 1 N–H and O–H groups in total. The highest BCUT2D eigenvalue weighted by Gasteiger charge is 2.20. The Bertz CT molecular complexity index is 534. The van der Waals surface area contributed by atoms with Crippen LogP contribution in [0, 0.1) is 0 Å². The van der Waals surface area contributed by atoms with Crippen LogP contribution in [0.4, 0.5) is 0 Å². The van der Waals surface area contributed by atoms with Gasteiger partial charge in [-0.25, -0.2) is 0 Å². The maximum absolute atomic E-state index is 3.85. The van der Waals surface area contributed by atoms with Crippen molar-refractivity contribution in [3.8, 4) is 0 Å². The molecule has 0 bridgehead atoms. The largest absolute Gasteiger partial charge is 0.313 e. The van der Waals surface area contributed by atoms with Crippen LogP contribution in [0.3, 0.4) is 0 Å². The van der Waals surface area contributed by atoms with Crippen molar-refractivity contribution < 1.29 is 0 Å². The Balaban J connectivity index is 1.61. The lowest BCUT2D eigenvalue weighted by Gasteiger charge is -2.33. The maximum Gasteiger partial charge on any atom is 0.0214 e. The van der Waals surface area contributed by atoms with Gasteiger partial charge in [-0.05, 0) is 50.0 Å². The molecule has 1 aliphatic rings. The first-order chi connectivity index (χ1) is 11.9. The van der Waals surface area contributed by atoms with Crippen molar-refractivity contribution in [1.29, 1.82) is 0 Å². The molecule has 2 aromatic rings. The summed E-state index contributed by atoms with van der Waals surface area (Å²) in [6.45, 7) is 7.03. The smallest absolute Gasteiger partial charge is 0.0214 e. The normalized spacial score (nSPS) is 16.6. The molecule has 128 valence electrons. The van der Waals surface area contributed by atoms with Gasteiger partial charge < -0.3 is 10.2 Å². The number of nitrogens with one attached hydrogen (secondary N) is 1. The molecule has 0 amide bonds. The summed E-state index contributed by atoms with van der Waals surface area (Å²) in [5.41, 5.74) is 2.80. The predicted molar refractivity (Wildman–Crippen MR) is 102 cm³/mol. The quantitative estimate of drug-likeness (QED) is 0.818. The van der Waals surface area contributed by atoms with Crippen LogP contribution in [0.25, 0.3) is 0 Å². The molecule has 1 heterocycles. The van der Waals surface area contributed by atoms with Crippen molar-refractivity contribution in [2.45, 2.75) is 38.1 Å². The Hall–Kier alpha value is -1.64. The number of hydrogen-bond acceptors (Lipinski definition) is 2. The summed E-state index contributed by atoms with van der Waals surface area (Å²) in [6, 6.07) is 22.5. The molecule has 0 unspecified atom stereocenters. The minimum absolute atomic E-state index is 0.432. The van der Waals surface area contributed by atoms with Crippen molar-refractivity contribution in [3.05, 3.63) is 71.8 Å². The molecule has 1 fully saturated rings. The number of benzene rings is 2. The number of rotatable bonds is 7. The van der Waals surface area contributed by atoms with Gasteiger partial charge in [0.1, 0.15) is 0 Å². The van der Waals surface area contributed by atoms with Gasteiger partial charge in [-0.2, -0.15) is 0 Å². The Kier molecular flexibility index (Phi) is 6.45. The van der Waals surface area contributed by atoms with E-state index in [1.807, 2.05) is 0 Å². The van der Waals surface area contributed by atoms with E-state index in [4.69, 9.17) is 0 Å². The fourth-order valence-corrected chi connectivity index (χ4v) is 3.76. The topological polar surface area (TPSA) is 15.3 Å². The Morgan fingerprint density at radius 1 is 0.917 bits per heavy atom. The molecule has 3 rings (SSSR count). The fourth-order valence-electron chi connectivity index (χ4n) is 3.76. The van der Waals surface area contributed by atoms with Gasteiger partial charge in [-0.3, -0.25) is 0 Å². The number of likely N-dealkylation sites (tertiary alicyclic amines) is 1. The summed E-state index contributed by atoms with van der Waals surface area (Å²) in [5.74, 6) is 0.432. The van der Waals surface area contributed by atoms with Crippen LogP contribution < -0.4 is 5.32 Å². The molecule has 0 radical (unpaired) electrons. The average Bonchev–Trinajstić information content (AvgIpc) is 2.65. The average molecular weight is 322 g/mol. The highest BCUT2D eigenvalue weighted by Crippen LogP contribution is 2.24. The molecule has 0 aromatic heterocycles. The van der Waals surface area contributed by atoms with Crippen LogP contribution in [-0.2, 0) is 0 Å². The zero-order chi connectivity index (χ0) is 16.6. The molecule has 0 atom stereocenters. The standard InChI is InChI=1S/C22H30N2/c1-2-15-24-16-13-21(14-17-24)23-18-22(19-9-5-3-6-10-19)20-11-7-4-8-12-20/h3-12,21-23H,2,13-18H2,1H3. The summed E-state index contributed by atoms with van der Waals surface area (Å²) >= 11 is 0. The molecule has 0 aliphatic carbocycles. The number of hydrogen-bond donors (Lipinski definition) is 1. The first kappa shape index (κ1) is 17.2. The van der Waals surface area contributed by atoms with Gasteiger partial charge in [0.25, 0.3) is 0 Å². The summed E-state index contributed by atoms with van der Waals surface area (Å²) < 4.78 is 0. The number of nitrogens with zero attached hydrogens (tertiary/aromatic N) is 1. The molecular formula is C22H30N2. The van der Waals surface area contributed by atoms with Gasteiger partial charge in [0.05, 0.1) is 0 Å². The molecular weight excluding hydrogens is 292 g/mol. The predicted octanol–water partition coefficient (Wildman–Crippen LogP) is 4.28. The zero-order valence-corrected chi connectivity index (χ0v) is 14.8. The summed E-state index contributed by atoms with van der Waals surface area (Å²) in [7, 11) is 0. The van der Waals surface area contributed by atoms with Gasteiger partial charge in [0, 0.05) is 18.5 Å². The van der Waals surface area contributed by atoms with Crippen molar-refractivity contribution >= 4 is 0 Å². The van der Waals surface area contributed by atoms with Crippen LogP contribution in [0.1, 0.15) is 43.2 Å². The maximum atomic E-state index is 3.85. The van der Waals surface area contributed by atoms with E-state index in [1.54, 1.807) is 0 Å². The van der Waals surface area contributed by atoms with Crippen LogP contribution in [0.15, 0.2) is 60.7 Å². The molecule has 2 nitrogen and oxygen atoms in total. The van der Waals surface area contributed by atoms with E-state index in [0.29, 0.717) is 12.0 Å². The monoisotopic (exact) mass is 322 g/mol. The molecule has 0 saturated carbocycles. The van der Waals surface area contributed by atoms with Gasteiger partial charge in [0.15, 0.2) is 0 Å². The second-order valence-electron chi connectivity index (χ2n) is 6.90. The van der Waals surface area contributed by atoms with E-state index in [1.165, 1.54) is 50.0 Å². The molecule has 1 saturated heterocycles.